The molecule has 0 aliphatic rings. The van der Waals surface area contributed by atoms with Gasteiger partial charge >= 0.3 is 0 Å². The molecule has 0 fully saturated rings. The van der Waals surface area contributed by atoms with Gasteiger partial charge in [0.25, 0.3) is 0 Å². The fraction of sp³-hybridized carbons (Fsp3) is 0. The maximum Gasteiger partial charge on any atom is 0.143 e. The molecule has 1 aromatic heterocycles. The molecule has 218 valence electrons. The predicted octanol–water partition coefficient (Wildman–Crippen LogP) is 13.2. The van der Waals surface area contributed by atoms with Crippen molar-refractivity contribution in [3.8, 4) is 33.4 Å². The van der Waals surface area contributed by atoms with Crippen molar-refractivity contribution in [2.75, 3.05) is 0 Å². The van der Waals surface area contributed by atoms with Gasteiger partial charge in [-0.2, -0.15) is 0 Å². The summed E-state index contributed by atoms with van der Waals surface area (Å²) in [7, 11) is 0. The van der Waals surface area contributed by atoms with Crippen LogP contribution in [0.2, 0.25) is 0 Å². The number of rotatable bonds is 3. The first kappa shape index (κ1) is 26.1. The molecule has 0 spiro atoms. The van der Waals surface area contributed by atoms with Crippen LogP contribution in [-0.2, 0) is 0 Å². The lowest BCUT2D eigenvalue weighted by Crippen LogP contribution is -1.91. The Morgan fingerprint density at radius 3 is 1.68 bits per heavy atom. The topological polar surface area (TPSA) is 13.1 Å². The molecular formula is C46H28O. The average molecular weight is 597 g/mol. The van der Waals surface area contributed by atoms with Crippen LogP contribution in [-0.4, -0.2) is 0 Å². The van der Waals surface area contributed by atoms with Crippen LogP contribution in [0.3, 0.4) is 0 Å². The van der Waals surface area contributed by atoms with E-state index in [2.05, 4.69) is 170 Å². The predicted molar refractivity (Wildman–Crippen MR) is 200 cm³/mol. The van der Waals surface area contributed by atoms with E-state index in [0.29, 0.717) is 0 Å². The maximum atomic E-state index is 6.63. The molecule has 10 rings (SSSR count). The molecule has 47 heavy (non-hydrogen) atoms. The molecule has 0 unspecified atom stereocenters. The van der Waals surface area contributed by atoms with Crippen LogP contribution >= 0.6 is 0 Å². The second-order valence-corrected chi connectivity index (χ2v) is 12.4. The summed E-state index contributed by atoms with van der Waals surface area (Å²) < 4.78 is 6.63. The maximum absolute atomic E-state index is 6.63. The summed E-state index contributed by atoms with van der Waals surface area (Å²) in [6.07, 6.45) is 0. The molecule has 9 aromatic carbocycles. The van der Waals surface area contributed by atoms with Gasteiger partial charge in [-0.15, -0.1) is 0 Å². The van der Waals surface area contributed by atoms with Crippen molar-refractivity contribution in [3.63, 3.8) is 0 Å². The van der Waals surface area contributed by atoms with E-state index in [1.54, 1.807) is 0 Å². The fourth-order valence-corrected chi connectivity index (χ4v) is 7.80. The molecule has 1 heterocycles. The van der Waals surface area contributed by atoms with Crippen molar-refractivity contribution in [2.24, 2.45) is 0 Å². The Bertz CT molecular complexity index is 2780. The van der Waals surface area contributed by atoms with Gasteiger partial charge in [0.2, 0.25) is 0 Å². The van der Waals surface area contributed by atoms with Crippen molar-refractivity contribution in [3.05, 3.63) is 170 Å². The van der Waals surface area contributed by atoms with Gasteiger partial charge < -0.3 is 4.42 Å². The number of hydrogen-bond donors (Lipinski definition) is 0. The first-order valence-corrected chi connectivity index (χ1v) is 16.2. The van der Waals surface area contributed by atoms with Crippen LogP contribution in [0.4, 0.5) is 0 Å². The van der Waals surface area contributed by atoms with Gasteiger partial charge in [-0.1, -0.05) is 152 Å². The Kier molecular flexibility index (Phi) is 5.64. The standard InChI is InChI=1S/C46H28O/c1-2-12-29(13-3-1)33-21-10-15-31-28-32(25-26-34(31)33)43-36-17-6-8-19-38(36)44(39-20-9-7-18-37(39)43)40-22-11-23-42-45(40)41-27-24-30-14-4-5-16-35(30)46(41)47-42/h1-28H. The normalized spacial score (nSPS) is 11.8. The van der Waals surface area contributed by atoms with E-state index in [9.17, 15) is 0 Å². The van der Waals surface area contributed by atoms with E-state index in [4.69, 9.17) is 4.42 Å². The minimum Gasteiger partial charge on any atom is -0.455 e. The summed E-state index contributed by atoms with van der Waals surface area (Å²) in [5, 5.41) is 12.1. The third kappa shape index (κ3) is 3.90. The number of hydrogen-bond acceptors (Lipinski definition) is 1. The largest absolute Gasteiger partial charge is 0.455 e. The molecule has 0 aliphatic heterocycles. The number of fused-ring (bicyclic) bond motifs is 8. The van der Waals surface area contributed by atoms with E-state index in [1.807, 2.05) is 0 Å². The zero-order valence-corrected chi connectivity index (χ0v) is 25.6. The van der Waals surface area contributed by atoms with Crippen LogP contribution < -0.4 is 0 Å². The molecule has 0 radical (unpaired) electrons. The minimum atomic E-state index is 0.912. The van der Waals surface area contributed by atoms with Crippen LogP contribution in [0.1, 0.15) is 0 Å². The lowest BCUT2D eigenvalue weighted by atomic mass is 9.84. The smallest absolute Gasteiger partial charge is 0.143 e. The highest BCUT2D eigenvalue weighted by Crippen LogP contribution is 2.48. The lowest BCUT2D eigenvalue weighted by molar-refractivity contribution is 0.673. The summed E-state index contributed by atoms with van der Waals surface area (Å²) in [6.45, 7) is 0. The van der Waals surface area contributed by atoms with E-state index >= 15 is 0 Å². The molecule has 1 heteroatoms. The van der Waals surface area contributed by atoms with Crippen LogP contribution in [0.25, 0.3) is 98.4 Å². The van der Waals surface area contributed by atoms with Crippen LogP contribution in [0, 0.1) is 0 Å². The monoisotopic (exact) mass is 596 g/mol. The van der Waals surface area contributed by atoms with Gasteiger partial charge in [-0.05, 0) is 89.3 Å². The molecule has 10 aromatic rings. The summed E-state index contributed by atoms with van der Waals surface area (Å²) in [6, 6.07) is 61.5. The van der Waals surface area contributed by atoms with E-state index in [1.165, 1.54) is 71.1 Å². The molecule has 0 saturated heterocycles. The number of furan rings is 1. The average Bonchev–Trinajstić information content (AvgIpc) is 3.53. The SMILES string of the molecule is c1ccc(-c2cccc3cc(-c4c5ccccc5c(-c5cccc6oc7c8ccccc8ccc7c56)c5ccccc45)ccc23)cc1. The fourth-order valence-electron chi connectivity index (χ4n) is 7.80. The van der Waals surface area contributed by atoms with Crippen molar-refractivity contribution in [2.45, 2.75) is 0 Å². The molecule has 0 amide bonds. The molecule has 0 saturated carbocycles. The number of benzene rings is 9. The first-order chi connectivity index (χ1) is 23.3. The van der Waals surface area contributed by atoms with E-state index in [-0.39, 0.29) is 0 Å². The van der Waals surface area contributed by atoms with Crippen LogP contribution in [0.15, 0.2) is 174 Å². The van der Waals surface area contributed by atoms with Gasteiger partial charge in [-0.3, -0.25) is 0 Å². The van der Waals surface area contributed by atoms with Gasteiger partial charge in [0.05, 0.1) is 0 Å². The highest BCUT2D eigenvalue weighted by Gasteiger charge is 2.21. The molecule has 0 atom stereocenters. The highest BCUT2D eigenvalue weighted by atomic mass is 16.3. The first-order valence-electron chi connectivity index (χ1n) is 16.2. The molecule has 0 bridgehead atoms. The van der Waals surface area contributed by atoms with Crippen LogP contribution in [0.5, 0.6) is 0 Å². The van der Waals surface area contributed by atoms with Crippen molar-refractivity contribution in [1.82, 2.24) is 0 Å². The summed E-state index contributed by atoms with van der Waals surface area (Å²) >= 11 is 0. The van der Waals surface area contributed by atoms with Crippen molar-refractivity contribution >= 4 is 65.0 Å². The highest BCUT2D eigenvalue weighted by molar-refractivity contribution is 6.27. The zero-order valence-electron chi connectivity index (χ0n) is 25.6. The Morgan fingerprint density at radius 2 is 0.915 bits per heavy atom. The Morgan fingerprint density at radius 1 is 0.319 bits per heavy atom. The van der Waals surface area contributed by atoms with Crippen molar-refractivity contribution in [1.29, 1.82) is 0 Å². The third-order valence-electron chi connectivity index (χ3n) is 9.84. The van der Waals surface area contributed by atoms with Gasteiger partial charge in [0.1, 0.15) is 11.2 Å². The molecular weight excluding hydrogens is 569 g/mol. The quantitative estimate of drug-likeness (QED) is 0.185. The Labute approximate surface area is 271 Å². The third-order valence-corrected chi connectivity index (χ3v) is 9.84. The molecule has 0 aliphatic carbocycles. The summed E-state index contributed by atoms with van der Waals surface area (Å²) in [5.74, 6) is 0. The van der Waals surface area contributed by atoms with Gasteiger partial charge in [0.15, 0.2) is 0 Å². The van der Waals surface area contributed by atoms with Crippen molar-refractivity contribution < 1.29 is 4.42 Å². The Hall–Kier alpha value is -6.18. The molecule has 1 nitrogen and oxygen atoms in total. The zero-order chi connectivity index (χ0) is 30.9. The summed E-state index contributed by atoms with van der Waals surface area (Å²) in [4.78, 5) is 0. The second kappa shape index (κ2) is 10.2. The van der Waals surface area contributed by atoms with Gasteiger partial charge in [-0.25, -0.2) is 0 Å². The second-order valence-electron chi connectivity index (χ2n) is 12.4. The minimum absolute atomic E-state index is 0.912. The van der Waals surface area contributed by atoms with E-state index in [0.717, 1.165) is 27.3 Å². The van der Waals surface area contributed by atoms with E-state index < -0.39 is 0 Å². The van der Waals surface area contributed by atoms with Gasteiger partial charge in [0, 0.05) is 16.2 Å². The Balaban J connectivity index is 1.28. The summed E-state index contributed by atoms with van der Waals surface area (Å²) in [5.41, 5.74) is 9.28. The molecule has 0 N–H and O–H groups in total. The lowest BCUT2D eigenvalue weighted by Gasteiger charge is -2.18.